The predicted molar refractivity (Wildman–Crippen MR) is 107 cm³/mol. The van der Waals surface area contributed by atoms with E-state index in [0.29, 0.717) is 5.88 Å². The number of aromatic nitrogens is 7. The van der Waals surface area contributed by atoms with Crippen molar-refractivity contribution in [1.82, 2.24) is 34.1 Å². The summed E-state index contributed by atoms with van der Waals surface area (Å²) in [6.07, 6.45) is 7.12. The lowest BCUT2D eigenvalue weighted by Gasteiger charge is -2.07. The minimum absolute atomic E-state index is 0.528. The number of pyridine rings is 1. The summed E-state index contributed by atoms with van der Waals surface area (Å²) >= 11 is 1.70. The lowest BCUT2D eigenvalue weighted by Crippen LogP contribution is -2.00. The van der Waals surface area contributed by atoms with Gasteiger partial charge in [-0.25, -0.2) is 19.5 Å². The summed E-state index contributed by atoms with van der Waals surface area (Å²) < 4.78 is 9.36. The van der Waals surface area contributed by atoms with Crippen molar-refractivity contribution in [2.45, 2.75) is 20.4 Å². The molecule has 0 aliphatic heterocycles. The number of hydrogen-bond acceptors (Lipinski definition) is 7. The van der Waals surface area contributed by atoms with E-state index >= 15 is 0 Å². The van der Waals surface area contributed by atoms with Crippen LogP contribution >= 0.6 is 11.3 Å². The second kappa shape index (κ2) is 6.38. The van der Waals surface area contributed by atoms with E-state index in [1.807, 2.05) is 38.5 Å². The van der Waals surface area contributed by atoms with Gasteiger partial charge in [-0.2, -0.15) is 10.1 Å². The topological polar surface area (TPSA) is 83.0 Å². The van der Waals surface area contributed by atoms with Crippen molar-refractivity contribution in [3.05, 3.63) is 52.8 Å². The van der Waals surface area contributed by atoms with Gasteiger partial charge in [-0.1, -0.05) is 0 Å². The first-order chi connectivity index (χ1) is 13.6. The van der Waals surface area contributed by atoms with Gasteiger partial charge in [0.2, 0.25) is 5.88 Å². The maximum atomic E-state index is 5.43. The molecule has 0 N–H and O–H groups in total. The van der Waals surface area contributed by atoms with Crippen LogP contribution in [0.15, 0.2) is 37.1 Å². The van der Waals surface area contributed by atoms with E-state index in [2.05, 4.69) is 35.7 Å². The fourth-order valence-corrected chi connectivity index (χ4v) is 4.19. The monoisotopic (exact) mass is 391 g/mol. The van der Waals surface area contributed by atoms with Gasteiger partial charge in [0.1, 0.15) is 17.7 Å². The van der Waals surface area contributed by atoms with E-state index in [1.165, 1.54) is 11.2 Å². The number of imidazole rings is 1. The molecule has 8 nitrogen and oxygen atoms in total. The van der Waals surface area contributed by atoms with Crippen LogP contribution in [-0.2, 0) is 6.54 Å². The zero-order valence-corrected chi connectivity index (χ0v) is 16.4. The third-order valence-electron chi connectivity index (χ3n) is 4.70. The SMILES string of the molecule is COc1ncnn2ccc(-c3cnc4nc(C)n(Cc5cnc(C)s5)c4c3)c12. The van der Waals surface area contributed by atoms with E-state index in [9.17, 15) is 0 Å². The highest BCUT2D eigenvalue weighted by Crippen LogP contribution is 2.31. The van der Waals surface area contributed by atoms with Gasteiger partial charge < -0.3 is 9.30 Å². The van der Waals surface area contributed by atoms with Gasteiger partial charge in [0.25, 0.3) is 0 Å². The number of rotatable bonds is 4. The smallest absolute Gasteiger partial charge is 0.241 e. The summed E-state index contributed by atoms with van der Waals surface area (Å²) in [5, 5.41) is 5.32. The maximum absolute atomic E-state index is 5.43. The van der Waals surface area contributed by atoms with Crippen molar-refractivity contribution in [1.29, 1.82) is 0 Å². The lowest BCUT2D eigenvalue weighted by molar-refractivity contribution is 0.399. The minimum Gasteiger partial charge on any atom is -0.479 e. The van der Waals surface area contributed by atoms with E-state index in [1.54, 1.807) is 23.0 Å². The number of nitrogens with zero attached hydrogens (tertiary/aromatic N) is 7. The molecule has 9 heteroatoms. The molecule has 0 unspecified atom stereocenters. The molecule has 0 saturated heterocycles. The van der Waals surface area contributed by atoms with Crippen LogP contribution in [0, 0.1) is 13.8 Å². The Morgan fingerprint density at radius 2 is 2.04 bits per heavy atom. The number of thiazole rings is 1. The molecule has 0 saturated carbocycles. The summed E-state index contributed by atoms with van der Waals surface area (Å²) in [5.41, 5.74) is 4.45. The van der Waals surface area contributed by atoms with Crippen LogP contribution in [0.1, 0.15) is 15.7 Å². The Labute approximate surface area is 164 Å². The summed E-state index contributed by atoms with van der Waals surface area (Å²) in [7, 11) is 1.61. The van der Waals surface area contributed by atoms with Crippen molar-refractivity contribution in [2.24, 2.45) is 0 Å². The van der Waals surface area contributed by atoms with Crippen molar-refractivity contribution in [2.75, 3.05) is 7.11 Å². The highest BCUT2D eigenvalue weighted by Gasteiger charge is 2.16. The highest BCUT2D eigenvalue weighted by molar-refractivity contribution is 7.11. The normalized spacial score (nSPS) is 11.5. The number of hydrogen-bond donors (Lipinski definition) is 0. The second-order valence-electron chi connectivity index (χ2n) is 6.45. The first kappa shape index (κ1) is 16.8. The fourth-order valence-electron chi connectivity index (χ4n) is 3.41. The molecule has 0 aliphatic carbocycles. The van der Waals surface area contributed by atoms with Gasteiger partial charge in [-0.15, -0.1) is 11.3 Å². The van der Waals surface area contributed by atoms with Gasteiger partial charge in [-0.3, -0.25) is 0 Å². The van der Waals surface area contributed by atoms with Crippen LogP contribution in [-0.4, -0.2) is 41.2 Å². The van der Waals surface area contributed by atoms with Gasteiger partial charge in [0.15, 0.2) is 5.65 Å². The minimum atomic E-state index is 0.528. The summed E-state index contributed by atoms with van der Waals surface area (Å²) in [6.45, 7) is 4.74. The van der Waals surface area contributed by atoms with Gasteiger partial charge in [-0.05, 0) is 26.0 Å². The van der Waals surface area contributed by atoms with Crippen LogP contribution in [0.25, 0.3) is 27.8 Å². The molecule has 28 heavy (non-hydrogen) atoms. The van der Waals surface area contributed by atoms with E-state index in [0.717, 1.165) is 45.2 Å². The molecule has 5 aromatic rings. The Bertz CT molecular complexity index is 1320. The summed E-state index contributed by atoms with van der Waals surface area (Å²) in [4.78, 5) is 19.0. The molecular weight excluding hydrogens is 374 g/mol. The van der Waals surface area contributed by atoms with Gasteiger partial charge in [0.05, 0.1) is 24.2 Å². The fraction of sp³-hybridized carbons (Fsp3) is 0.211. The van der Waals surface area contributed by atoms with Gasteiger partial charge in [0, 0.05) is 34.6 Å². The zero-order valence-electron chi connectivity index (χ0n) is 15.6. The predicted octanol–water partition coefficient (Wildman–Crippen LogP) is 3.27. The quantitative estimate of drug-likeness (QED) is 0.468. The second-order valence-corrected chi connectivity index (χ2v) is 7.77. The first-order valence-corrected chi connectivity index (χ1v) is 9.56. The molecule has 0 aromatic carbocycles. The molecular formula is C19H17N7OS. The largest absolute Gasteiger partial charge is 0.479 e. The molecule has 5 aromatic heterocycles. The third kappa shape index (κ3) is 2.63. The molecule has 0 atom stereocenters. The summed E-state index contributed by atoms with van der Waals surface area (Å²) in [5.74, 6) is 1.45. The van der Waals surface area contributed by atoms with Crippen LogP contribution in [0.5, 0.6) is 5.88 Å². The Kier molecular flexibility index (Phi) is 3.83. The third-order valence-corrected chi connectivity index (χ3v) is 5.60. The van der Waals surface area contributed by atoms with Crippen LogP contribution in [0.3, 0.4) is 0 Å². The van der Waals surface area contributed by atoms with Gasteiger partial charge >= 0.3 is 0 Å². The van der Waals surface area contributed by atoms with Crippen LogP contribution < -0.4 is 4.74 Å². The van der Waals surface area contributed by atoms with E-state index in [-0.39, 0.29) is 0 Å². The van der Waals surface area contributed by atoms with Crippen molar-refractivity contribution < 1.29 is 4.74 Å². The van der Waals surface area contributed by atoms with E-state index in [4.69, 9.17) is 4.74 Å². The van der Waals surface area contributed by atoms with Crippen molar-refractivity contribution >= 4 is 28.0 Å². The highest BCUT2D eigenvalue weighted by atomic mass is 32.1. The average molecular weight is 391 g/mol. The molecule has 5 heterocycles. The van der Waals surface area contributed by atoms with Crippen LogP contribution in [0.4, 0.5) is 0 Å². The molecule has 0 spiro atoms. The average Bonchev–Trinajstić information content (AvgIpc) is 3.39. The molecule has 140 valence electrons. The molecule has 0 radical (unpaired) electrons. The number of methoxy groups -OCH3 is 1. The Morgan fingerprint density at radius 3 is 2.82 bits per heavy atom. The Hall–Kier alpha value is -3.33. The lowest BCUT2D eigenvalue weighted by atomic mass is 10.1. The number of ether oxygens (including phenoxy) is 1. The Morgan fingerprint density at radius 1 is 1.14 bits per heavy atom. The van der Waals surface area contributed by atoms with Crippen LogP contribution in [0.2, 0.25) is 0 Å². The van der Waals surface area contributed by atoms with E-state index < -0.39 is 0 Å². The summed E-state index contributed by atoms with van der Waals surface area (Å²) in [6, 6.07) is 4.10. The molecule has 0 bridgehead atoms. The molecule has 0 aliphatic rings. The zero-order chi connectivity index (χ0) is 19.3. The molecule has 0 amide bonds. The van der Waals surface area contributed by atoms with Crippen molar-refractivity contribution in [3.8, 4) is 17.0 Å². The number of fused-ring (bicyclic) bond motifs is 2. The maximum Gasteiger partial charge on any atom is 0.241 e. The standard InChI is InChI=1S/C19H17N7OS/c1-11-24-18-16(25(11)9-14-8-20-12(2)28-14)6-13(7-21-18)15-4-5-26-17(15)19(27-3)22-10-23-26/h4-8,10H,9H2,1-3H3. The Balaban J connectivity index is 1.67. The molecule has 5 rings (SSSR count). The first-order valence-electron chi connectivity index (χ1n) is 8.75. The number of aryl methyl sites for hydroxylation is 2. The van der Waals surface area contributed by atoms with Crippen molar-refractivity contribution in [3.63, 3.8) is 0 Å². The molecule has 0 fully saturated rings.